The number of hydrogen-bond acceptors (Lipinski definition) is 4. The van der Waals surface area contributed by atoms with Gasteiger partial charge in [0, 0.05) is 30.9 Å². The maximum absolute atomic E-state index is 12.9. The van der Waals surface area contributed by atoms with Gasteiger partial charge in [-0.25, -0.2) is 0 Å². The molecule has 0 spiro atoms. The topological polar surface area (TPSA) is 74.4 Å². The van der Waals surface area contributed by atoms with E-state index in [1.165, 1.54) is 0 Å². The second kappa shape index (κ2) is 8.15. The van der Waals surface area contributed by atoms with E-state index in [1.54, 1.807) is 0 Å². The molecule has 1 aliphatic heterocycles. The maximum atomic E-state index is 12.9. The second-order valence-electron chi connectivity index (χ2n) is 7.56. The molecule has 1 amide bonds. The molecule has 3 atom stereocenters. The summed E-state index contributed by atoms with van der Waals surface area (Å²) in [5.74, 6) is 0.144. The van der Waals surface area contributed by atoms with Crippen LogP contribution in [0.5, 0.6) is 0 Å². The van der Waals surface area contributed by atoms with E-state index in [0.29, 0.717) is 5.56 Å². The number of aromatic nitrogens is 1. The zero-order valence-corrected chi connectivity index (χ0v) is 16.2. The molecule has 140 valence electrons. The number of H-pyrrole nitrogens is 1. The first-order valence-corrected chi connectivity index (χ1v) is 9.05. The highest BCUT2D eigenvalue weighted by Crippen LogP contribution is 2.19. The normalized spacial score (nSPS) is 22.8. The molecule has 1 aromatic rings. The van der Waals surface area contributed by atoms with Crippen LogP contribution < -0.4 is 10.9 Å². The number of morpholine rings is 1. The van der Waals surface area contributed by atoms with E-state index in [2.05, 4.69) is 29.0 Å². The van der Waals surface area contributed by atoms with Crippen molar-refractivity contribution in [3.8, 4) is 0 Å². The summed E-state index contributed by atoms with van der Waals surface area (Å²) in [6.45, 7) is 13.7. The Hall–Kier alpha value is -1.66. The smallest absolute Gasteiger partial charge is 0.253 e. The molecule has 0 saturated carbocycles. The average molecular weight is 349 g/mol. The standard InChI is InChI=1S/C19H31N3O3/c1-11(2)17(22-9-14(5)25-15(6)10-22)19(24)20-8-16-12(3)7-13(4)21-18(16)23/h7,11,14-15,17H,8-10H2,1-6H3,(H,20,24)(H,21,23)/t14-,15-,17-/m0/s1. The minimum Gasteiger partial charge on any atom is -0.373 e. The lowest BCUT2D eigenvalue weighted by Crippen LogP contribution is -2.57. The van der Waals surface area contributed by atoms with Gasteiger partial charge in [0.25, 0.3) is 5.56 Å². The molecule has 2 heterocycles. The van der Waals surface area contributed by atoms with Crippen LogP contribution in [0.2, 0.25) is 0 Å². The molecule has 25 heavy (non-hydrogen) atoms. The maximum Gasteiger partial charge on any atom is 0.253 e. The van der Waals surface area contributed by atoms with Crippen LogP contribution in [0.4, 0.5) is 0 Å². The van der Waals surface area contributed by atoms with Gasteiger partial charge in [-0.2, -0.15) is 0 Å². The van der Waals surface area contributed by atoms with Gasteiger partial charge >= 0.3 is 0 Å². The quantitative estimate of drug-likeness (QED) is 0.849. The number of carbonyl (C=O) groups excluding carboxylic acids is 1. The number of rotatable bonds is 5. The van der Waals surface area contributed by atoms with Crippen LogP contribution >= 0.6 is 0 Å². The predicted octanol–water partition coefficient (Wildman–Crippen LogP) is 1.74. The zero-order chi connectivity index (χ0) is 18.7. The van der Waals surface area contributed by atoms with E-state index in [0.717, 1.165) is 24.3 Å². The number of aryl methyl sites for hydroxylation is 2. The highest BCUT2D eigenvalue weighted by molar-refractivity contribution is 5.82. The first-order chi connectivity index (χ1) is 11.7. The molecular weight excluding hydrogens is 318 g/mol. The molecule has 0 aliphatic carbocycles. The fourth-order valence-electron chi connectivity index (χ4n) is 3.72. The van der Waals surface area contributed by atoms with Crippen LogP contribution in [-0.2, 0) is 16.1 Å². The van der Waals surface area contributed by atoms with Gasteiger partial charge in [-0.15, -0.1) is 0 Å². The summed E-state index contributed by atoms with van der Waals surface area (Å²) >= 11 is 0. The molecule has 0 bridgehead atoms. The number of amides is 1. The van der Waals surface area contributed by atoms with Crippen LogP contribution in [0.15, 0.2) is 10.9 Å². The van der Waals surface area contributed by atoms with E-state index < -0.39 is 0 Å². The highest BCUT2D eigenvalue weighted by atomic mass is 16.5. The Balaban J connectivity index is 2.10. The summed E-state index contributed by atoms with van der Waals surface area (Å²) in [4.78, 5) is 30.0. The number of carbonyl (C=O) groups is 1. The number of nitrogens with one attached hydrogen (secondary N) is 2. The molecule has 2 rings (SSSR count). The Morgan fingerprint density at radius 3 is 2.44 bits per heavy atom. The van der Waals surface area contributed by atoms with Crippen LogP contribution in [0.1, 0.15) is 44.5 Å². The largest absolute Gasteiger partial charge is 0.373 e. The molecule has 1 aromatic heterocycles. The van der Waals surface area contributed by atoms with Gasteiger partial charge in [0.2, 0.25) is 5.91 Å². The second-order valence-corrected chi connectivity index (χ2v) is 7.56. The number of ether oxygens (including phenoxy) is 1. The van der Waals surface area contributed by atoms with Crippen molar-refractivity contribution < 1.29 is 9.53 Å². The number of pyridine rings is 1. The summed E-state index contributed by atoms with van der Waals surface area (Å²) in [5, 5.41) is 2.97. The Kier molecular flexibility index (Phi) is 6.41. The van der Waals surface area contributed by atoms with Crippen molar-refractivity contribution in [2.24, 2.45) is 5.92 Å². The average Bonchev–Trinajstić information content (AvgIpc) is 2.44. The van der Waals surface area contributed by atoms with Crippen LogP contribution in [-0.4, -0.2) is 47.1 Å². The van der Waals surface area contributed by atoms with E-state index in [9.17, 15) is 9.59 Å². The van der Waals surface area contributed by atoms with Gasteiger partial charge in [-0.3, -0.25) is 14.5 Å². The first kappa shape index (κ1) is 19.7. The van der Waals surface area contributed by atoms with Crippen LogP contribution in [0, 0.1) is 19.8 Å². The summed E-state index contributed by atoms with van der Waals surface area (Å²) in [6.07, 6.45) is 0.222. The molecule has 6 heteroatoms. The fraction of sp³-hybridized carbons (Fsp3) is 0.684. The zero-order valence-electron chi connectivity index (χ0n) is 16.2. The van der Waals surface area contributed by atoms with Crippen molar-refractivity contribution in [2.45, 2.75) is 66.3 Å². The molecule has 1 saturated heterocycles. The van der Waals surface area contributed by atoms with E-state index in [-0.39, 0.29) is 42.2 Å². The van der Waals surface area contributed by atoms with Crippen molar-refractivity contribution in [3.05, 3.63) is 33.2 Å². The van der Waals surface area contributed by atoms with Crippen molar-refractivity contribution in [3.63, 3.8) is 0 Å². The number of nitrogens with zero attached hydrogens (tertiary/aromatic N) is 1. The Morgan fingerprint density at radius 1 is 1.32 bits per heavy atom. The third kappa shape index (κ3) is 4.92. The molecule has 2 N–H and O–H groups in total. The summed E-state index contributed by atoms with van der Waals surface area (Å²) in [6, 6.07) is 1.70. The fourth-order valence-corrected chi connectivity index (χ4v) is 3.72. The van der Waals surface area contributed by atoms with Gasteiger partial charge in [-0.05, 0) is 45.2 Å². The molecule has 1 fully saturated rings. The molecular formula is C19H31N3O3. The number of aromatic amines is 1. The van der Waals surface area contributed by atoms with Crippen molar-refractivity contribution >= 4 is 5.91 Å². The lowest BCUT2D eigenvalue weighted by molar-refractivity contribution is -0.135. The van der Waals surface area contributed by atoms with Gasteiger partial charge in [0.15, 0.2) is 0 Å². The SMILES string of the molecule is Cc1cc(C)c(CNC(=O)[C@H](C(C)C)N2C[C@H](C)O[C@@H](C)C2)c(=O)[nH]1. The van der Waals surface area contributed by atoms with Crippen molar-refractivity contribution in [2.75, 3.05) is 13.1 Å². The minimum atomic E-state index is -0.223. The molecule has 0 aromatic carbocycles. The third-order valence-electron chi connectivity index (χ3n) is 4.67. The summed E-state index contributed by atoms with van der Waals surface area (Å²) < 4.78 is 5.78. The summed E-state index contributed by atoms with van der Waals surface area (Å²) in [5.41, 5.74) is 2.21. The minimum absolute atomic E-state index is 0.0318. The Morgan fingerprint density at radius 2 is 1.92 bits per heavy atom. The van der Waals surface area contributed by atoms with E-state index in [4.69, 9.17) is 4.74 Å². The molecule has 0 radical (unpaired) electrons. The lowest BCUT2D eigenvalue weighted by atomic mass is 9.99. The molecule has 0 unspecified atom stereocenters. The number of hydrogen-bond donors (Lipinski definition) is 2. The third-order valence-corrected chi connectivity index (χ3v) is 4.67. The highest BCUT2D eigenvalue weighted by Gasteiger charge is 2.34. The van der Waals surface area contributed by atoms with E-state index in [1.807, 2.05) is 33.8 Å². The van der Waals surface area contributed by atoms with Gasteiger partial charge in [-0.1, -0.05) is 13.8 Å². The first-order valence-electron chi connectivity index (χ1n) is 9.05. The monoisotopic (exact) mass is 349 g/mol. The van der Waals surface area contributed by atoms with Gasteiger partial charge < -0.3 is 15.0 Å². The van der Waals surface area contributed by atoms with Crippen molar-refractivity contribution in [1.29, 1.82) is 0 Å². The Bertz CT molecular complexity index is 658. The van der Waals surface area contributed by atoms with E-state index >= 15 is 0 Å². The molecule has 1 aliphatic rings. The lowest BCUT2D eigenvalue weighted by Gasteiger charge is -2.41. The van der Waals surface area contributed by atoms with Gasteiger partial charge in [0.1, 0.15) is 0 Å². The van der Waals surface area contributed by atoms with Crippen molar-refractivity contribution in [1.82, 2.24) is 15.2 Å². The molecule has 6 nitrogen and oxygen atoms in total. The van der Waals surface area contributed by atoms with Crippen LogP contribution in [0.3, 0.4) is 0 Å². The van der Waals surface area contributed by atoms with Crippen LogP contribution in [0.25, 0.3) is 0 Å². The van der Waals surface area contributed by atoms with Gasteiger partial charge in [0.05, 0.1) is 18.2 Å². The predicted molar refractivity (Wildman–Crippen MR) is 98.6 cm³/mol. The summed E-state index contributed by atoms with van der Waals surface area (Å²) in [7, 11) is 0. The Labute approximate surface area is 150 Å².